The molecule has 1 atom stereocenters. The molecule has 0 aromatic carbocycles. The molecule has 3 heterocycles. The largest absolute Gasteiger partial charge is 0.383 e. The molecule has 1 saturated heterocycles. The molecule has 196 valence electrons. The van der Waals surface area contributed by atoms with Gasteiger partial charge in [0.2, 0.25) is 0 Å². The average Bonchev–Trinajstić information content (AvgIpc) is 3.47. The molecule has 11 nitrogen and oxygen atoms in total. The second-order valence-electron chi connectivity index (χ2n) is 8.87. The lowest BCUT2D eigenvalue weighted by molar-refractivity contribution is -0.111. The van der Waals surface area contributed by atoms with E-state index in [1.807, 2.05) is 13.8 Å². The molecule has 0 spiro atoms. The first-order valence-electron chi connectivity index (χ1n) is 11.7. The van der Waals surface area contributed by atoms with Gasteiger partial charge in [0.25, 0.3) is 5.56 Å². The van der Waals surface area contributed by atoms with Gasteiger partial charge in [0, 0.05) is 32.8 Å². The van der Waals surface area contributed by atoms with E-state index in [0.717, 1.165) is 23.3 Å². The predicted octanol–water partition coefficient (Wildman–Crippen LogP) is 1.67. The average molecular weight is 513 g/mol. The fourth-order valence-electron chi connectivity index (χ4n) is 4.42. The number of ether oxygens (including phenoxy) is 4. The number of carbonyl (C=O) groups excluding carboxylic acids is 1. The van der Waals surface area contributed by atoms with Crippen LogP contribution in [0.2, 0.25) is 0 Å². The van der Waals surface area contributed by atoms with E-state index >= 15 is 0 Å². The van der Waals surface area contributed by atoms with Gasteiger partial charge in [-0.2, -0.15) is 0 Å². The Kier molecular flexibility index (Phi) is 9.47. The highest BCUT2D eigenvalue weighted by Crippen LogP contribution is 2.35. The minimum absolute atomic E-state index is 0.0358. The summed E-state index contributed by atoms with van der Waals surface area (Å²) in [6.45, 7) is 5.66. The van der Waals surface area contributed by atoms with Gasteiger partial charge < -0.3 is 29.6 Å². The van der Waals surface area contributed by atoms with Gasteiger partial charge in [-0.1, -0.05) is 13.8 Å². The summed E-state index contributed by atoms with van der Waals surface area (Å²) in [6.07, 6.45) is 1.05. The topological polar surface area (TPSA) is 127 Å². The highest BCUT2D eigenvalue weighted by atomic mass is 32.1. The third kappa shape index (κ3) is 5.95. The molecule has 1 aliphatic heterocycles. The summed E-state index contributed by atoms with van der Waals surface area (Å²) in [5.41, 5.74) is 5.73. The van der Waals surface area contributed by atoms with Gasteiger partial charge in [-0.25, -0.2) is 9.59 Å². The molecule has 1 unspecified atom stereocenters. The van der Waals surface area contributed by atoms with Gasteiger partial charge in [0.1, 0.15) is 4.83 Å². The van der Waals surface area contributed by atoms with E-state index in [1.165, 1.54) is 42.1 Å². The van der Waals surface area contributed by atoms with Crippen LogP contribution in [0.3, 0.4) is 0 Å². The lowest BCUT2D eigenvalue weighted by Crippen LogP contribution is -2.42. The van der Waals surface area contributed by atoms with Crippen LogP contribution in [0.5, 0.6) is 0 Å². The zero-order valence-electron chi connectivity index (χ0n) is 21.1. The van der Waals surface area contributed by atoms with Crippen LogP contribution in [0.4, 0.5) is 4.79 Å². The summed E-state index contributed by atoms with van der Waals surface area (Å²) < 4.78 is 24.3. The van der Waals surface area contributed by atoms with Crippen LogP contribution in [0, 0.1) is 0 Å². The number of aromatic nitrogens is 2. The van der Waals surface area contributed by atoms with Crippen molar-refractivity contribution in [3.8, 4) is 0 Å². The molecular formula is C23H36N4O7S. The molecule has 2 amide bonds. The molecule has 3 rings (SSSR count). The first-order valence-corrected chi connectivity index (χ1v) is 12.5. The van der Waals surface area contributed by atoms with Crippen LogP contribution in [-0.4, -0.2) is 73.5 Å². The second kappa shape index (κ2) is 12.1. The molecule has 0 saturated carbocycles. The van der Waals surface area contributed by atoms with E-state index < -0.39 is 12.3 Å². The Labute approximate surface area is 208 Å². The van der Waals surface area contributed by atoms with Gasteiger partial charge in [-0.3, -0.25) is 13.9 Å². The van der Waals surface area contributed by atoms with Crippen LogP contribution in [-0.2, 0) is 38.6 Å². The van der Waals surface area contributed by atoms with Crippen molar-refractivity contribution in [2.24, 2.45) is 5.73 Å². The van der Waals surface area contributed by atoms with E-state index in [1.54, 1.807) is 4.57 Å². The first kappa shape index (κ1) is 27.3. The smallest absolute Gasteiger partial charge is 0.332 e. The fourth-order valence-corrected chi connectivity index (χ4v) is 5.88. The van der Waals surface area contributed by atoms with Gasteiger partial charge in [0.05, 0.1) is 44.3 Å². The Morgan fingerprint density at radius 2 is 1.94 bits per heavy atom. The van der Waals surface area contributed by atoms with Crippen LogP contribution < -0.4 is 17.0 Å². The summed E-state index contributed by atoms with van der Waals surface area (Å²) in [4.78, 5) is 42.1. The number of rotatable bonds is 12. The predicted molar refractivity (Wildman–Crippen MR) is 133 cm³/mol. The maximum atomic E-state index is 13.6. The van der Waals surface area contributed by atoms with Crippen molar-refractivity contribution in [2.75, 3.05) is 41.1 Å². The lowest BCUT2D eigenvalue weighted by Gasteiger charge is -2.24. The fraction of sp³-hybridized carbons (Fsp3) is 0.696. The number of primary amides is 1. The maximum absolute atomic E-state index is 13.6. The summed E-state index contributed by atoms with van der Waals surface area (Å²) in [5, 5.41) is 0.494. The SMILES string of the molecule is COCCn1c(=O)c2c(C(C)C)c(CN(CC(OC)OC)C(N)=O)sc2n(CC2CCCO2)c1=O. The van der Waals surface area contributed by atoms with Crippen LogP contribution in [0.15, 0.2) is 9.59 Å². The Morgan fingerprint density at radius 3 is 2.49 bits per heavy atom. The van der Waals surface area contributed by atoms with E-state index in [0.29, 0.717) is 23.4 Å². The molecule has 2 N–H and O–H groups in total. The third-order valence-corrected chi connectivity index (χ3v) is 7.43. The molecule has 1 aliphatic rings. The molecule has 35 heavy (non-hydrogen) atoms. The Bertz CT molecular complexity index is 1130. The van der Waals surface area contributed by atoms with Crippen molar-refractivity contribution in [3.63, 3.8) is 0 Å². The number of hydrogen-bond acceptors (Lipinski definition) is 8. The van der Waals surface area contributed by atoms with Crippen molar-refractivity contribution in [1.29, 1.82) is 0 Å². The van der Waals surface area contributed by atoms with Crippen molar-refractivity contribution < 1.29 is 23.7 Å². The van der Waals surface area contributed by atoms with Crippen LogP contribution >= 0.6 is 11.3 Å². The molecule has 0 radical (unpaired) electrons. The maximum Gasteiger partial charge on any atom is 0.332 e. The van der Waals surface area contributed by atoms with Crippen LogP contribution in [0.1, 0.15) is 43.0 Å². The Morgan fingerprint density at radius 1 is 1.23 bits per heavy atom. The summed E-state index contributed by atoms with van der Waals surface area (Å²) >= 11 is 1.34. The number of amides is 2. The monoisotopic (exact) mass is 512 g/mol. The van der Waals surface area contributed by atoms with Crippen molar-refractivity contribution in [1.82, 2.24) is 14.0 Å². The number of methoxy groups -OCH3 is 3. The molecule has 12 heteroatoms. The minimum Gasteiger partial charge on any atom is -0.383 e. The number of nitrogens with zero attached hydrogens (tertiary/aromatic N) is 3. The van der Waals surface area contributed by atoms with Crippen molar-refractivity contribution in [3.05, 3.63) is 31.3 Å². The standard InChI is InChI=1S/C23H36N4O7S/c1-14(2)18-16(12-25(22(24)29)13-17(32-4)33-5)35-21-19(18)20(28)26(8-10-31-3)23(30)27(21)11-15-7-6-9-34-15/h14-15,17H,6-13H2,1-5H3,(H2,24,29). The minimum atomic E-state index is -0.650. The number of urea groups is 1. The quantitative estimate of drug-likeness (QED) is 0.429. The van der Waals surface area contributed by atoms with Gasteiger partial charge in [-0.05, 0) is 24.3 Å². The molecule has 0 bridgehead atoms. The number of thiophene rings is 1. The number of fused-ring (bicyclic) bond motifs is 1. The zero-order valence-corrected chi connectivity index (χ0v) is 21.9. The Hall–Kier alpha value is -2.25. The molecule has 0 aliphatic carbocycles. The number of nitrogens with two attached hydrogens (primary N) is 1. The first-order chi connectivity index (χ1) is 16.7. The van der Waals surface area contributed by atoms with E-state index in [9.17, 15) is 14.4 Å². The number of carbonyl (C=O) groups is 1. The zero-order chi connectivity index (χ0) is 25.7. The van der Waals surface area contributed by atoms with Gasteiger partial charge in [-0.15, -0.1) is 11.3 Å². The number of hydrogen-bond donors (Lipinski definition) is 1. The summed E-state index contributed by atoms with van der Waals surface area (Å²) in [6, 6.07) is -0.634. The molecule has 2 aromatic rings. The Balaban J connectivity index is 2.20. The van der Waals surface area contributed by atoms with Crippen molar-refractivity contribution >= 4 is 27.6 Å². The van der Waals surface area contributed by atoms with Gasteiger partial charge in [0.15, 0.2) is 6.29 Å². The van der Waals surface area contributed by atoms with E-state index in [-0.39, 0.29) is 49.5 Å². The van der Waals surface area contributed by atoms with Crippen LogP contribution in [0.25, 0.3) is 10.2 Å². The normalized spacial score (nSPS) is 16.1. The molecule has 2 aromatic heterocycles. The summed E-state index contributed by atoms with van der Waals surface area (Å²) in [5.74, 6) is -0.0358. The van der Waals surface area contributed by atoms with E-state index in [2.05, 4.69) is 0 Å². The van der Waals surface area contributed by atoms with Crippen molar-refractivity contribution in [2.45, 2.75) is 64.6 Å². The third-order valence-electron chi connectivity index (χ3n) is 6.22. The molecular weight excluding hydrogens is 476 g/mol. The molecule has 1 fully saturated rings. The second-order valence-corrected chi connectivity index (χ2v) is 9.95. The highest BCUT2D eigenvalue weighted by Gasteiger charge is 2.28. The summed E-state index contributed by atoms with van der Waals surface area (Å²) in [7, 11) is 4.50. The lowest BCUT2D eigenvalue weighted by atomic mass is 10.0. The van der Waals surface area contributed by atoms with E-state index in [4.69, 9.17) is 24.7 Å². The highest BCUT2D eigenvalue weighted by molar-refractivity contribution is 7.18. The van der Waals surface area contributed by atoms with Gasteiger partial charge >= 0.3 is 11.7 Å².